The number of amides is 1. The van der Waals surface area contributed by atoms with E-state index in [1.807, 2.05) is 32.0 Å². The SMILES string of the molecule is Cc1cc(N2CC3Cc4cc(F)ccc4C2C3)cc(C)c1NC(=O)CC1(C(F)(F)F)CC1. The van der Waals surface area contributed by atoms with Crippen molar-refractivity contribution in [1.82, 2.24) is 0 Å². The molecule has 2 aromatic carbocycles. The van der Waals surface area contributed by atoms with E-state index in [-0.39, 0.29) is 24.7 Å². The fraction of sp³-hybridized carbons (Fsp3) is 0.480. The summed E-state index contributed by atoms with van der Waals surface area (Å²) in [5, 5.41) is 2.73. The molecule has 32 heavy (non-hydrogen) atoms. The second kappa shape index (κ2) is 7.22. The highest BCUT2D eigenvalue weighted by molar-refractivity contribution is 5.93. The fourth-order valence-corrected chi connectivity index (χ4v) is 5.54. The van der Waals surface area contributed by atoms with Gasteiger partial charge in [-0.1, -0.05) is 6.07 Å². The van der Waals surface area contributed by atoms with Crippen LogP contribution in [0.1, 0.15) is 54.0 Å². The summed E-state index contributed by atoms with van der Waals surface area (Å²) in [6.07, 6.45) is -2.94. The van der Waals surface area contributed by atoms with Gasteiger partial charge in [-0.2, -0.15) is 13.2 Å². The van der Waals surface area contributed by atoms with Crippen molar-refractivity contribution in [1.29, 1.82) is 0 Å². The third kappa shape index (κ3) is 3.55. The third-order valence-corrected chi connectivity index (χ3v) is 7.43. The summed E-state index contributed by atoms with van der Waals surface area (Å²) in [6.45, 7) is 4.61. The highest BCUT2D eigenvalue weighted by atomic mass is 19.4. The van der Waals surface area contributed by atoms with E-state index in [1.54, 1.807) is 6.07 Å². The number of anilines is 2. The predicted octanol–water partition coefficient (Wildman–Crippen LogP) is 6.24. The van der Waals surface area contributed by atoms with Gasteiger partial charge >= 0.3 is 6.18 Å². The highest BCUT2D eigenvalue weighted by Gasteiger charge is 2.63. The van der Waals surface area contributed by atoms with Crippen LogP contribution in [-0.2, 0) is 11.2 Å². The number of aryl methyl sites for hydroxylation is 2. The summed E-state index contributed by atoms with van der Waals surface area (Å²) in [7, 11) is 0. The van der Waals surface area contributed by atoms with Crippen LogP contribution in [0.5, 0.6) is 0 Å². The molecule has 1 aliphatic heterocycles. The van der Waals surface area contributed by atoms with Crippen molar-refractivity contribution in [2.75, 3.05) is 16.8 Å². The maximum atomic E-state index is 13.7. The lowest BCUT2D eigenvalue weighted by atomic mass is 9.84. The Kier molecular flexibility index (Phi) is 4.80. The molecule has 7 heteroatoms. The van der Waals surface area contributed by atoms with Crippen LogP contribution < -0.4 is 10.2 Å². The monoisotopic (exact) mass is 446 g/mol. The first-order valence-electron chi connectivity index (χ1n) is 11.1. The third-order valence-electron chi connectivity index (χ3n) is 7.43. The van der Waals surface area contributed by atoms with Crippen LogP contribution in [0, 0.1) is 31.0 Å². The summed E-state index contributed by atoms with van der Waals surface area (Å²) >= 11 is 0. The molecule has 170 valence electrons. The molecule has 2 bridgehead atoms. The Morgan fingerprint density at radius 1 is 1.16 bits per heavy atom. The molecule has 2 fully saturated rings. The Bertz CT molecular complexity index is 1070. The van der Waals surface area contributed by atoms with Gasteiger partial charge in [-0.05, 0) is 92.0 Å². The van der Waals surface area contributed by atoms with E-state index in [1.165, 1.54) is 6.07 Å². The minimum atomic E-state index is -4.34. The van der Waals surface area contributed by atoms with E-state index in [9.17, 15) is 22.4 Å². The molecule has 1 amide bonds. The lowest BCUT2D eigenvalue weighted by Crippen LogP contribution is -2.30. The van der Waals surface area contributed by atoms with Crippen molar-refractivity contribution in [3.8, 4) is 0 Å². The topological polar surface area (TPSA) is 32.3 Å². The normalized spacial score (nSPS) is 23.1. The van der Waals surface area contributed by atoms with Crippen molar-refractivity contribution in [2.45, 2.75) is 58.2 Å². The molecule has 1 N–H and O–H groups in total. The Morgan fingerprint density at radius 2 is 1.84 bits per heavy atom. The van der Waals surface area contributed by atoms with Gasteiger partial charge in [0.05, 0.1) is 11.5 Å². The van der Waals surface area contributed by atoms with Gasteiger partial charge in [0.15, 0.2) is 0 Å². The van der Waals surface area contributed by atoms with Crippen LogP contribution in [-0.4, -0.2) is 18.6 Å². The zero-order chi connectivity index (χ0) is 22.8. The number of rotatable bonds is 4. The van der Waals surface area contributed by atoms with Gasteiger partial charge in [-0.25, -0.2) is 4.39 Å². The van der Waals surface area contributed by atoms with Gasteiger partial charge < -0.3 is 10.2 Å². The Labute approximate surface area is 184 Å². The summed E-state index contributed by atoms with van der Waals surface area (Å²) < 4.78 is 53.3. The maximum absolute atomic E-state index is 13.7. The van der Waals surface area contributed by atoms with Gasteiger partial charge in [-0.15, -0.1) is 0 Å². The average molecular weight is 446 g/mol. The van der Waals surface area contributed by atoms with Gasteiger partial charge in [0.2, 0.25) is 5.91 Å². The van der Waals surface area contributed by atoms with Crippen molar-refractivity contribution >= 4 is 17.3 Å². The molecule has 1 saturated heterocycles. The maximum Gasteiger partial charge on any atom is 0.395 e. The highest BCUT2D eigenvalue weighted by Crippen LogP contribution is 2.60. The zero-order valence-electron chi connectivity index (χ0n) is 18.2. The van der Waals surface area contributed by atoms with E-state index in [0.29, 0.717) is 11.6 Å². The number of carbonyl (C=O) groups is 1. The molecule has 5 rings (SSSR count). The summed E-state index contributed by atoms with van der Waals surface area (Å²) in [6, 6.07) is 9.20. The minimum Gasteiger partial charge on any atom is -0.364 e. The number of carbonyl (C=O) groups excluding carboxylic acids is 1. The van der Waals surface area contributed by atoms with E-state index in [2.05, 4.69) is 10.2 Å². The van der Waals surface area contributed by atoms with E-state index in [4.69, 9.17) is 0 Å². The van der Waals surface area contributed by atoms with Crippen molar-refractivity contribution in [3.05, 3.63) is 58.4 Å². The predicted molar refractivity (Wildman–Crippen MR) is 115 cm³/mol. The first-order chi connectivity index (χ1) is 15.1. The molecule has 2 aliphatic carbocycles. The summed E-state index contributed by atoms with van der Waals surface area (Å²) in [4.78, 5) is 14.8. The minimum absolute atomic E-state index is 0.0176. The van der Waals surface area contributed by atoms with Crippen molar-refractivity contribution in [3.63, 3.8) is 0 Å². The van der Waals surface area contributed by atoms with Crippen molar-refractivity contribution in [2.24, 2.45) is 11.3 Å². The summed E-state index contributed by atoms with van der Waals surface area (Å²) in [5.74, 6) is -0.333. The van der Waals surface area contributed by atoms with Crippen LogP contribution in [0.2, 0.25) is 0 Å². The first kappa shape index (κ1) is 21.3. The second-order valence-corrected chi connectivity index (χ2v) is 9.77. The van der Waals surface area contributed by atoms with Crippen LogP contribution in [0.25, 0.3) is 0 Å². The molecule has 1 heterocycles. The number of fused-ring (bicyclic) bond motifs is 4. The molecule has 0 aromatic heterocycles. The summed E-state index contributed by atoms with van der Waals surface area (Å²) in [5.41, 5.74) is 3.65. The molecular formula is C25H26F4N2O. The quantitative estimate of drug-likeness (QED) is 0.564. The molecule has 0 spiro atoms. The van der Waals surface area contributed by atoms with Crippen LogP contribution in [0.15, 0.2) is 30.3 Å². The molecule has 0 radical (unpaired) electrons. The number of hydrogen-bond donors (Lipinski definition) is 1. The van der Waals surface area contributed by atoms with E-state index in [0.717, 1.165) is 47.3 Å². The standard InChI is InChI=1S/C25H26F4N2O/c1-14-7-19(31-13-16-9-17-11-18(26)3-4-20(17)21(31)10-16)8-15(2)23(14)30-22(32)12-24(5-6-24)25(27,28)29/h3-4,7-8,11,16,21H,5-6,9-10,12-13H2,1-2H3,(H,30,32). The fourth-order valence-electron chi connectivity index (χ4n) is 5.54. The number of hydrogen-bond acceptors (Lipinski definition) is 2. The van der Waals surface area contributed by atoms with Gasteiger partial charge in [0, 0.05) is 24.3 Å². The van der Waals surface area contributed by atoms with Gasteiger partial charge in [-0.3, -0.25) is 4.79 Å². The van der Waals surface area contributed by atoms with E-state index < -0.39 is 23.9 Å². The van der Waals surface area contributed by atoms with Crippen LogP contribution in [0.4, 0.5) is 28.9 Å². The lowest BCUT2D eigenvalue weighted by Gasteiger charge is -2.30. The van der Waals surface area contributed by atoms with Crippen LogP contribution >= 0.6 is 0 Å². The van der Waals surface area contributed by atoms with Crippen LogP contribution in [0.3, 0.4) is 0 Å². The van der Waals surface area contributed by atoms with Gasteiger partial charge in [0.1, 0.15) is 5.82 Å². The molecule has 3 aliphatic rings. The second-order valence-electron chi connectivity index (χ2n) is 9.77. The Hall–Kier alpha value is -2.57. The largest absolute Gasteiger partial charge is 0.395 e. The number of nitrogens with zero attached hydrogens (tertiary/aromatic N) is 1. The van der Waals surface area contributed by atoms with Gasteiger partial charge in [0.25, 0.3) is 0 Å². The zero-order valence-corrected chi connectivity index (χ0v) is 18.2. The molecule has 1 saturated carbocycles. The van der Waals surface area contributed by atoms with Crippen molar-refractivity contribution < 1.29 is 22.4 Å². The molecule has 2 aromatic rings. The number of nitrogens with one attached hydrogen (secondary N) is 1. The molecular weight excluding hydrogens is 420 g/mol. The average Bonchev–Trinajstić information content (AvgIpc) is 3.41. The number of alkyl halides is 3. The Morgan fingerprint density at radius 3 is 2.47 bits per heavy atom. The Balaban J connectivity index is 1.37. The number of benzene rings is 2. The smallest absolute Gasteiger partial charge is 0.364 e. The number of halogens is 4. The molecule has 3 nitrogen and oxygen atoms in total. The first-order valence-corrected chi connectivity index (χ1v) is 11.1. The molecule has 2 unspecified atom stereocenters. The molecule has 2 atom stereocenters. The van der Waals surface area contributed by atoms with E-state index >= 15 is 0 Å². The lowest BCUT2D eigenvalue weighted by molar-refractivity contribution is -0.189.